The standard InChI is InChI=1S/C53H39NO2/c1-53(2)47-20-8-6-17-41(47)45-32-46(44-19-11-14-36-28-29-55-52(36)44)49(33-48(45)53)54(39-25-22-35(23-26-39)34-12-4-3-5-13-34)40-16-10-15-37(30-40)38-24-27-43-42-18-7-9-21-50(42)56-51(43)31-38/h3-27,30-33H,28-29H2,1-2H3. The number of fused-ring (bicyclic) bond motifs is 7. The second kappa shape index (κ2) is 12.6. The second-order valence-corrected chi connectivity index (χ2v) is 15.6. The molecule has 8 aromatic carbocycles. The summed E-state index contributed by atoms with van der Waals surface area (Å²) in [4.78, 5) is 2.45. The summed E-state index contributed by atoms with van der Waals surface area (Å²) < 4.78 is 12.8. The average molecular weight is 722 g/mol. The van der Waals surface area contributed by atoms with Crippen LogP contribution in [0.4, 0.5) is 17.1 Å². The van der Waals surface area contributed by atoms with Gasteiger partial charge in [0.15, 0.2) is 0 Å². The Hall–Kier alpha value is -6.84. The normalized spacial score (nSPS) is 13.7. The summed E-state index contributed by atoms with van der Waals surface area (Å²) in [5.74, 6) is 0.992. The van der Waals surface area contributed by atoms with E-state index >= 15 is 0 Å². The van der Waals surface area contributed by atoms with Gasteiger partial charge in [-0.15, -0.1) is 0 Å². The van der Waals surface area contributed by atoms with E-state index in [4.69, 9.17) is 9.15 Å². The van der Waals surface area contributed by atoms with Gasteiger partial charge in [-0.05, 0) is 105 Å². The number of anilines is 3. The molecule has 1 aromatic heterocycles. The highest BCUT2D eigenvalue weighted by atomic mass is 16.5. The van der Waals surface area contributed by atoms with Crippen molar-refractivity contribution in [1.29, 1.82) is 0 Å². The van der Waals surface area contributed by atoms with E-state index in [0.29, 0.717) is 6.61 Å². The minimum absolute atomic E-state index is 0.180. The molecule has 0 bridgehead atoms. The SMILES string of the molecule is CC1(C)c2ccccc2-c2cc(-c3cccc4c3OCC4)c(N(c3ccc(-c4ccccc4)cc3)c3cccc(-c4ccc5c(c4)oc4ccccc45)c3)cc21. The number of hydrogen-bond donors (Lipinski definition) is 0. The van der Waals surface area contributed by atoms with Gasteiger partial charge >= 0.3 is 0 Å². The van der Waals surface area contributed by atoms with Crippen LogP contribution < -0.4 is 9.64 Å². The van der Waals surface area contributed by atoms with Gasteiger partial charge in [0.2, 0.25) is 0 Å². The van der Waals surface area contributed by atoms with Crippen molar-refractivity contribution in [2.24, 2.45) is 0 Å². The van der Waals surface area contributed by atoms with Gasteiger partial charge in [0.05, 0.1) is 12.3 Å². The van der Waals surface area contributed by atoms with E-state index in [1.54, 1.807) is 0 Å². The predicted molar refractivity (Wildman–Crippen MR) is 231 cm³/mol. The van der Waals surface area contributed by atoms with Gasteiger partial charge < -0.3 is 14.1 Å². The van der Waals surface area contributed by atoms with Gasteiger partial charge in [-0.1, -0.05) is 135 Å². The average Bonchev–Trinajstić information content (AvgIpc) is 3.94. The molecule has 0 N–H and O–H groups in total. The quantitative estimate of drug-likeness (QED) is 0.171. The Kier molecular flexibility index (Phi) is 7.34. The van der Waals surface area contributed by atoms with Crippen molar-refractivity contribution in [3.05, 3.63) is 193 Å². The third kappa shape index (κ3) is 5.12. The van der Waals surface area contributed by atoms with Crippen molar-refractivity contribution < 1.29 is 9.15 Å². The molecule has 0 spiro atoms. The first-order valence-electron chi connectivity index (χ1n) is 19.5. The van der Waals surface area contributed by atoms with Crippen molar-refractivity contribution in [3.63, 3.8) is 0 Å². The molecule has 0 radical (unpaired) electrons. The minimum atomic E-state index is -0.180. The molecule has 0 saturated heterocycles. The number of benzene rings is 8. The van der Waals surface area contributed by atoms with Crippen LogP contribution in [0.2, 0.25) is 0 Å². The molecule has 2 heterocycles. The lowest BCUT2D eigenvalue weighted by molar-refractivity contribution is 0.358. The molecule has 0 saturated carbocycles. The summed E-state index contributed by atoms with van der Waals surface area (Å²) in [7, 11) is 0. The van der Waals surface area contributed by atoms with E-state index in [2.05, 4.69) is 183 Å². The maximum absolute atomic E-state index is 6.43. The topological polar surface area (TPSA) is 25.6 Å². The van der Waals surface area contributed by atoms with Crippen LogP contribution in [0.3, 0.4) is 0 Å². The maximum Gasteiger partial charge on any atom is 0.136 e. The first kappa shape index (κ1) is 32.6. The molecule has 268 valence electrons. The highest BCUT2D eigenvalue weighted by molar-refractivity contribution is 6.06. The minimum Gasteiger partial charge on any atom is -0.492 e. The molecule has 1 aliphatic carbocycles. The van der Waals surface area contributed by atoms with Gasteiger partial charge in [0.25, 0.3) is 0 Å². The summed E-state index contributed by atoms with van der Waals surface area (Å²) in [6.07, 6.45) is 0.918. The lowest BCUT2D eigenvalue weighted by Gasteiger charge is -2.31. The van der Waals surface area contributed by atoms with E-state index in [9.17, 15) is 0 Å². The van der Waals surface area contributed by atoms with Crippen molar-refractivity contribution in [2.45, 2.75) is 25.7 Å². The van der Waals surface area contributed by atoms with Gasteiger partial charge in [-0.2, -0.15) is 0 Å². The molecule has 0 fully saturated rings. The molecule has 3 heteroatoms. The molecule has 11 rings (SSSR count). The largest absolute Gasteiger partial charge is 0.492 e. The van der Waals surface area contributed by atoms with Crippen molar-refractivity contribution in [3.8, 4) is 50.3 Å². The van der Waals surface area contributed by atoms with Gasteiger partial charge in [-0.3, -0.25) is 0 Å². The van der Waals surface area contributed by atoms with E-state index in [1.165, 1.54) is 38.9 Å². The van der Waals surface area contributed by atoms with E-state index in [1.807, 2.05) is 12.1 Å². The zero-order valence-corrected chi connectivity index (χ0v) is 31.4. The third-order valence-electron chi connectivity index (χ3n) is 12.0. The van der Waals surface area contributed by atoms with Crippen LogP contribution in [-0.4, -0.2) is 6.61 Å². The number of ether oxygens (including phenoxy) is 1. The van der Waals surface area contributed by atoms with Crippen LogP contribution >= 0.6 is 0 Å². The molecule has 2 aliphatic rings. The number of nitrogens with zero attached hydrogens (tertiary/aromatic N) is 1. The third-order valence-corrected chi connectivity index (χ3v) is 12.0. The first-order valence-corrected chi connectivity index (χ1v) is 19.5. The fourth-order valence-electron chi connectivity index (χ4n) is 9.16. The summed E-state index contributed by atoms with van der Waals surface area (Å²) in [5, 5.41) is 2.27. The summed E-state index contributed by atoms with van der Waals surface area (Å²) in [6, 6.07) is 63.8. The highest BCUT2D eigenvalue weighted by Crippen LogP contribution is 2.55. The second-order valence-electron chi connectivity index (χ2n) is 15.6. The van der Waals surface area contributed by atoms with Crippen molar-refractivity contribution >= 4 is 39.0 Å². The fourth-order valence-corrected chi connectivity index (χ4v) is 9.16. The number of rotatable bonds is 6. The highest BCUT2D eigenvalue weighted by Gasteiger charge is 2.37. The van der Waals surface area contributed by atoms with Crippen LogP contribution in [0.5, 0.6) is 5.75 Å². The Balaban J connectivity index is 1.15. The van der Waals surface area contributed by atoms with Crippen LogP contribution in [0.25, 0.3) is 66.4 Å². The molecule has 3 nitrogen and oxygen atoms in total. The van der Waals surface area contributed by atoms with Crippen LogP contribution in [0.1, 0.15) is 30.5 Å². The Morgan fingerprint density at radius 2 is 1.16 bits per heavy atom. The van der Waals surface area contributed by atoms with Gasteiger partial charge in [0, 0.05) is 45.1 Å². The summed E-state index contributed by atoms with van der Waals surface area (Å²) in [5.41, 5.74) is 18.3. The maximum atomic E-state index is 6.43. The molecular weight excluding hydrogens is 683 g/mol. The monoisotopic (exact) mass is 721 g/mol. The summed E-state index contributed by atoms with van der Waals surface area (Å²) in [6.45, 7) is 5.42. The first-order chi connectivity index (χ1) is 27.5. The number of furan rings is 1. The molecule has 0 amide bonds. The number of para-hydroxylation sites is 2. The van der Waals surface area contributed by atoms with Crippen LogP contribution in [0.15, 0.2) is 180 Å². The smallest absolute Gasteiger partial charge is 0.136 e. The number of hydrogen-bond acceptors (Lipinski definition) is 3. The van der Waals surface area contributed by atoms with Gasteiger partial charge in [0.1, 0.15) is 16.9 Å². The van der Waals surface area contributed by atoms with Crippen molar-refractivity contribution in [1.82, 2.24) is 0 Å². The lowest BCUT2D eigenvalue weighted by Crippen LogP contribution is -2.17. The Labute approximate surface area is 327 Å². The van der Waals surface area contributed by atoms with E-state index < -0.39 is 0 Å². The van der Waals surface area contributed by atoms with Crippen LogP contribution in [0, 0.1) is 0 Å². The molecular formula is C53H39NO2. The molecule has 0 atom stereocenters. The summed E-state index contributed by atoms with van der Waals surface area (Å²) >= 11 is 0. The van der Waals surface area contributed by atoms with Crippen molar-refractivity contribution in [2.75, 3.05) is 11.5 Å². The fraction of sp³-hybridized carbons (Fsp3) is 0.0943. The van der Waals surface area contributed by atoms with Crippen LogP contribution in [-0.2, 0) is 11.8 Å². The van der Waals surface area contributed by atoms with Gasteiger partial charge in [-0.25, -0.2) is 0 Å². The zero-order chi connectivity index (χ0) is 37.4. The Morgan fingerprint density at radius 1 is 0.464 bits per heavy atom. The Bertz CT molecular complexity index is 2970. The molecule has 9 aromatic rings. The van der Waals surface area contributed by atoms with E-state index in [-0.39, 0.29) is 5.41 Å². The zero-order valence-electron chi connectivity index (χ0n) is 31.4. The predicted octanol–water partition coefficient (Wildman–Crippen LogP) is 14.3. The molecule has 56 heavy (non-hydrogen) atoms. The lowest BCUT2D eigenvalue weighted by atomic mass is 9.81. The van der Waals surface area contributed by atoms with E-state index in [0.717, 1.165) is 73.4 Å². The molecule has 1 aliphatic heterocycles. The Morgan fingerprint density at radius 3 is 2.05 bits per heavy atom. The molecule has 0 unspecified atom stereocenters.